The van der Waals surface area contributed by atoms with Crippen LogP contribution in [-0.4, -0.2) is 37.6 Å². The van der Waals surface area contributed by atoms with E-state index in [0.717, 1.165) is 25.8 Å². The molecule has 4 heterocycles. The van der Waals surface area contributed by atoms with Crippen molar-refractivity contribution < 1.29 is 4.79 Å². The van der Waals surface area contributed by atoms with Crippen LogP contribution in [0.3, 0.4) is 0 Å². The number of carbonyl (C=O) groups is 1. The molecule has 0 unspecified atom stereocenters. The molecule has 1 aromatic carbocycles. The molecule has 2 aliphatic rings. The van der Waals surface area contributed by atoms with Crippen LogP contribution in [0, 0.1) is 0 Å². The van der Waals surface area contributed by atoms with Crippen molar-refractivity contribution in [2.45, 2.75) is 58.4 Å². The van der Waals surface area contributed by atoms with Gasteiger partial charge < -0.3 is 4.90 Å². The summed E-state index contributed by atoms with van der Waals surface area (Å²) >= 11 is 6.84. The number of thioether (sulfide) groups is 1. The molecule has 0 bridgehead atoms. The fourth-order valence-corrected chi connectivity index (χ4v) is 6.30. The standard InChI is InChI=1S/C29H32N4O2S2/c1-2-3-4-5-6-10-17-33-28(35)24(37-29(33)36)19-23-26(30-25-14-9-11-16-32(25)27(23)34)31-18-15-21-12-7-8-13-22(21)20-31/h7-9,11-14,16,19H,2-6,10,15,17-18,20H2,1H3/b24-19-. The zero-order valence-electron chi connectivity index (χ0n) is 21.2. The van der Waals surface area contributed by atoms with Gasteiger partial charge in [-0.3, -0.25) is 18.9 Å². The van der Waals surface area contributed by atoms with Crippen molar-refractivity contribution in [2.75, 3.05) is 18.0 Å². The number of benzene rings is 1. The first kappa shape index (κ1) is 25.7. The Kier molecular flexibility index (Phi) is 8.05. The minimum atomic E-state index is -0.180. The molecule has 0 aliphatic carbocycles. The number of unbranched alkanes of at least 4 members (excludes halogenated alkanes) is 5. The van der Waals surface area contributed by atoms with Crippen molar-refractivity contribution in [3.8, 4) is 0 Å². The minimum Gasteiger partial charge on any atom is -0.351 e. The normalized spacial score (nSPS) is 16.7. The number of aromatic nitrogens is 2. The summed E-state index contributed by atoms with van der Waals surface area (Å²) in [6.07, 6.45) is 11.2. The van der Waals surface area contributed by atoms with Gasteiger partial charge in [-0.2, -0.15) is 0 Å². The van der Waals surface area contributed by atoms with E-state index in [1.54, 1.807) is 21.6 Å². The number of rotatable bonds is 9. The molecule has 1 saturated heterocycles. The van der Waals surface area contributed by atoms with Crippen LogP contribution in [0.5, 0.6) is 0 Å². The van der Waals surface area contributed by atoms with Gasteiger partial charge in [0.15, 0.2) is 0 Å². The summed E-state index contributed by atoms with van der Waals surface area (Å²) in [6.45, 7) is 4.26. The predicted octanol–water partition coefficient (Wildman–Crippen LogP) is 5.82. The van der Waals surface area contributed by atoms with E-state index in [9.17, 15) is 9.59 Å². The van der Waals surface area contributed by atoms with E-state index < -0.39 is 0 Å². The highest BCUT2D eigenvalue weighted by atomic mass is 32.2. The number of carbonyl (C=O) groups excluding carboxylic acids is 1. The van der Waals surface area contributed by atoms with Gasteiger partial charge in [0.25, 0.3) is 11.5 Å². The summed E-state index contributed by atoms with van der Waals surface area (Å²) in [4.78, 5) is 36.2. The van der Waals surface area contributed by atoms with Gasteiger partial charge in [0.2, 0.25) is 0 Å². The quantitative estimate of drug-likeness (QED) is 0.197. The largest absolute Gasteiger partial charge is 0.351 e. The van der Waals surface area contributed by atoms with Crippen LogP contribution >= 0.6 is 24.0 Å². The number of nitrogens with zero attached hydrogens (tertiary/aromatic N) is 4. The topological polar surface area (TPSA) is 57.9 Å². The summed E-state index contributed by atoms with van der Waals surface area (Å²) in [5.41, 5.74) is 3.41. The number of fused-ring (bicyclic) bond motifs is 2. The molecule has 0 atom stereocenters. The fraction of sp³-hybridized carbons (Fsp3) is 0.379. The van der Waals surface area contributed by atoms with Gasteiger partial charge in [-0.25, -0.2) is 4.98 Å². The van der Waals surface area contributed by atoms with Crippen LogP contribution in [0.2, 0.25) is 0 Å². The van der Waals surface area contributed by atoms with Crippen molar-refractivity contribution in [2.24, 2.45) is 0 Å². The first-order valence-electron chi connectivity index (χ1n) is 13.2. The Labute approximate surface area is 227 Å². The molecular weight excluding hydrogens is 500 g/mol. The maximum absolute atomic E-state index is 13.7. The van der Waals surface area contributed by atoms with Gasteiger partial charge in [-0.1, -0.05) is 93.3 Å². The zero-order valence-corrected chi connectivity index (χ0v) is 22.8. The van der Waals surface area contributed by atoms with Crippen molar-refractivity contribution >= 4 is 51.7 Å². The van der Waals surface area contributed by atoms with Crippen LogP contribution in [0.15, 0.2) is 58.4 Å². The monoisotopic (exact) mass is 532 g/mol. The van der Waals surface area contributed by atoms with Crippen molar-refractivity contribution in [1.82, 2.24) is 14.3 Å². The number of pyridine rings is 1. The van der Waals surface area contributed by atoms with Gasteiger partial charge in [0.1, 0.15) is 15.8 Å². The molecule has 192 valence electrons. The number of thiocarbonyl (C=S) groups is 1. The van der Waals surface area contributed by atoms with Gasteiger partial charge >= 0.3 is 0 Å². The Morgan fingerprint density at radius 2 is 1.76 bits per heavy atom. The number of hydrogen-bond acceptors (Lipinski definition) is 6. The van der Waals surface area contributed by atoms with Crippen molar-refractivity contribution in [3.63, 3.8) is 0 Å². The lowest BCUT2D eigenvalue weighted by Gasteiger charge is -2.30. The van der Waals surface area contributed by atoms with Crippen molar-refractivity contribution in [3.05, 3.63) is 80.6 Å². The van der Waals surface area contributed by atoms with E-state index in [2.05, 4.69) is 30.0 Å². The molecule has 2 aromatic heterocycles. The molecule has 1 fully saturated rings. The highest BCUT2D eigenvalue weighted by Crippen LogP contribution is 2.34. The number of hydrogen-bond donors (Lipinski definition) is 0. The molecule has 1 amide bonds. The Morgan fingerprint density at radius 1 is 1.00 bits per heavy atom. The molecule has 8 heteroatoms. The lowest BCUT2D eigenvalue weighted by molar-refractivity contribution is -0.122. The van der Waals surface area contributed by atoms with Crippen LogP contribution in [-0.2, 0) is 17.8 Å². The highest BCUT2D eigenvalue weighted by molar-refractivity contribution is 8.26. The van der Waals surface area contributed by atoms with E-state index >= 15 is 0 Å². The van der Waals surface area contributed by atoms with Gasteiger partial charge in [0, 0.05) is 25.8 Å². The molecular formula is C29H32N4O2S2. The van der Waals surface area contributed by atoms with Crippen molar-refractivity contribution in [1.29, 1.82) is 0 Å². The Morgan fingerprint density at radius 3 is 2.59 bits per heavy atom. The third-order valence-corrected chi connectivity index (χ3v) is 8.44. The second kappa shape index (κ2) is 11.6. The summed E-state index contributed by atoms with van der Waals surface area (Å²) in [6, 6.07) is 13.9. The van der Waals surface area contributed by atoms with Gasteiger partial charge in [-0.15, -0.1) is 0 Å². The minimum absolute atomic E-state index is 0.115. The van der Waals surface area contributed by atoms with E-state index in [4.69, 9.17) is 17.2 Å². The number of anilines is 1. The molecule has 5 rings (SSSR count). The average Bonchev–Trinajstić information content (AvgIpc) is 3.19. The maximum atomic E-state index is 13.7. The molecule has 3 aromatic rings. The molecule has 0 N–H and O–H groups in total. The van der Waals surface area contributed by atoms with Crippen LogP contribution in [0.4, 0.5) is 5.82 Å². The van der Waals surface area contributed by atoms with E-state index in [1.807, 2.05) is 24.3 Å². The lowest BCUT2D eigenvalue weighted by atomic mass is 9.99. The SMILES string of the molecule is CCCCCCCCN1C(=O)/C(=C/c2c(N3CCc4ccccc4C3)nc3ccccn3c2=O)SC1=S. The second-order valence-electron chi connectivity index (χ2n) is 9.62. The first-order valence-corrected chi connectivity index (χ1v) is 14.4. The third kappa shape index (κ3) is 5.50. The Balaban J connectivity index is 1.45. The fourth-order valence-electron chi connectivity index (χ4n) is 5.01. The zero-order chi connectivity index (χ0) is 25.8. The number of amides is 1. The van der Waals surface area contributed by atoms with Gasteiger partial charge in [0.05, 0.1) is 10.5 Å². The van der Waals surface area contributed by atoms with Crippen LogP contribution in [0.1, 0.15) is 62.1 Å². The maximum Gasteiger partial charge on any atom is 0.267 e. The van der Waals surface area contributed by atoms with Crippen LogP contribution in [0.25, 0.3) is 11.7 Å². The van der Waals surface area contributed by atoms with E-state index in [-0.39, 0.29) is 11.5 Å². The van der Waals surface area contributed by atoms with Gasteiger partial charge in [-0.05, 0) is 42.2 Å². The molecule has 6 nitrogen and oxygen atoms in total. The second-order valence-corrected chi connectivity index (χ2v) is 11.3. The average molecular weight is 533 g/mol. The molecule has 2 aliphatic heterocycles. The molecule has 0 spiro atoms. The summed E-state index contributed by atoms with van der Waals surface area (Å²) in [7, 11) is 0. The molecule has 0 radical (unpaired) electrons. The summed E-state index contributed by atoms with van der Waals surface area (Å²) in [5, 5.41) is 0. The van der Waals surface area contributed by atoms with Crippen LogP contribution < -0.4 is 10.5 Å². The predicted molar refractivity (Wildman–Crippen MR) is 156 cm³/mol. The summed E-state index contributed by atoms with van der Waals surface area (Å²) in [5.74, 6) is 0.503. The molecule has 37 heavy (non-hydrogen) atoms. The Hall–Kier alpha value is -2.97. The lowest BCUT2D eigenvalue weighted by Crippen LogP contribution is -2.34. The first-order chi connectivity index (χ1) is 18.1. The Bertz CT molecular complexity index is 1410. The van der Waals surface area contributed by atoms with E-state index in [0.29, 0.717) is 39.3 Å². The highest BCUT2D eigenvalue weighted by Gasteiger charge is 2.32. The van der Waals surface area contributed by atoms with E-state index in [1.165, 1.54) is 48.6 Å². The molecule has 0 saturated carbocycles. The summed E-state index contributed by atoms with van der Waals surface area (Å²) < 4.78 is 2.11. The smallest absolute Gasteiger partial charge is 0.267 e. The third-order valence-electron chi connectivity index (χ3n) is 7.06.